The van der Waals surface area contributed by atoms with Gasteiger partial charge in [0.2, 0.25) is 0 Å². The molecule has 0 aromatic heterocycles. The Labute approximate surface area is 129 Å². The standard InChI is InChI=1S/C17H33N3O/c1-14-11-20-9-3-2-6-16(20)12-19(14)10-7-15-5-4-8-17(15,18)13-21/h14-16,21H,2-13,18H2,1H3. The van der Waals surface area contributed by atoms with E-state index in [1.165, 1.54) is 51.7 Å². The van der Waals surface area contributed by atoms with E-state index < -0.39 is 0 Å². The number of rotatable bonds is 4. The van der Waals surface area contributed by atoms with Crippen molar-refractivity contribution in [2.75, 3.05) is 32.8 Å². The van der Waals surface area contributed by atoms with Crippen LogP contribution in [0.25, 0.3) is 0 Å². The molecule has 4 unspecified atom stereocenters. The highest BCUT2D eigenvalue weighted by atomic mass is 16.3. The van der Waals surface area contributed by atoms with Crippen LogP contribution in [-0.2, 0) is 0 Å². The molecule has 3 aliphatic rings. The summed E-state index contributed by atoms with van der Waals surface area (Å²) in [5, 5.41) is 9.59. The first-order valence-corrected chi connectivity index (χ1v) is 9.00. The van der Waals surface area contributed by atoms with E-state index in [0.29, 0.717) is 12.0 Å². The molecule has 3 rings (SSSR count). The van der Waals surface area contributed by atoms with Crippen LogP contribution in [0, 0.1) is 5.92 Å². The van der Waals surface area contributed by atoms with Crippen molar-refractivity contribution in [3.8, 4) is 0 Å². The first-order valence-electron chi connectivity index (χ1n) is 9.00. The van der Waals surface area contributed by atoms with E-state index in [1.54, 1.807) is 0 Å². The minimum Gasteiger partial charge on any atom is -0.394 e. The van der Waals surface area contributed by atoms with Gasteiger partial charge in [0.25, 0.3) is 0 Å². The molecule has 3 N–H and O–H groups in total. The molecule has 21 heavy (non-hydrogen) atoms. The second-order valence-electron chi connectivity index (χ2n) is 7.76. The normalized spacial score (nSPS) is 42.1. The Bertz CT molecular complexity index is 351. The van der Waals surface area contributed by atoms with Crippen LogP contribution in [0.4, 0.5) is 0 Å². The molecule has 3 fully saturated rings. The Morgan fingerprint density at radius 2 is 2.05 bits per heavy atom. The third-order valence-corrected chi connectivity index (χ3v) is 6.38. The van der Waals surface area contributed by atoms with Gasteiger partial charge < -0.3 is 10.8 Å². The van der Waals surface area contributed by atoms with Crippen LogP contribution in [0.15, 0.2) is 0 Å². The van der Waals surface area contributed by atoms with Crippen molar-refractivity contribution < 1.29 is 5.11 Å². The number of aliphatic hydroxyl groups is 1. The molecule has 1 saturated carbocycles. The molecule has 2 aliphatic heterocycles. The number of hydrogen-bond acceptors (Lipinski definition) is 4. The molecule has 122 valence electrons. The summed E-state index contributed by atoms with van der Waals surface area (Å²) in [6, 6.07) is 1.46. The maximum Gasteiger partial charge on any atom is 0.0613 e. The van der Waals surface area contributed by atoms with E-state index in [-0.39, 0.29) is 12.1 Å². The van der Waals surface area contributed by atoms with Crippen molar-refractivity contribution in [2.24, 2.45) is 11.7 Å². The van der Waals surface area contributed by atoms with E-state index in [0.717, 1.165) is 25.4 Å². The minimum absolute atomic E-state index is 0.156. The Balaban J connectivity index is 1.53. The number of piperidine rings is 1. The van der Waals surface area contributed by atoms with E-state index >= 15 is 0 Å². The summed E-state index contributed by atoms with van der Waals surface area (Å²) in [7, 11) is 0. The van der Waals surface area contributed by atoms with Gasteiger partial charge in [0.1, 0.15) is 0 Å². The number of aliphatic hydroxyl groups excluding tert-OH is 1. The van der Waals surface area contributed by atoms with E-state index in [4.69, 9.17) is 5.73 Å². The lowest BCUT2D eigenvalue weighted by atomic mass is 9.86. The monoisotopic (exact) mass is 295 g/mol. The highest BCUT2D eigenvalue weighted by Gasteiger charge is 2.39. The van der Waals surface area contributed by atoms with Crippen LogP contribution in [-0.4, -0.2) is 65.3 Å². The van der Waals surface area contributed by atoms with Crippen molar-refractivity contribution in [3.63, 3.8) is 0 Å². The average Bonchev–Trinajstić information content (AvgIpc) is 2.87. The second kappa shape index (κ2) is 6.53. The first-order chi connectivity index (χ1) is 10.1. The summed E-state index contributed by atoms with van der Waals surface area (Å²) in [6.45, 7) is 7.48. The highest BCUT2D eigenvalue weighted by molar-refractivity contribution is 4.97. The third kappa shape index (κ3) is 3.29. The fourth-order valence-electron chi connectivity index (χ4n) is 4.86. The summed E-state index contributed by atoms with van der Waals surface area (Å²) in [5.74, 6) is 0.513. The van der Waals surface area contributed by atoms with Gasteiger partial charge in [-0.25, -0.2) is 0 Å². The molecule has 2 saturated heterocycles. The molecule has 1 aliphatic carbocycles. The lowest BCUT2D eigenvalue weighted by Gasteiger charge is -2.48. The van der Waals surface area contributed by atoms with Gasteiger partial charge >= 0.3 is 0 Å². The lowest BCUT2D eigenvalue weighted by molar-refractivity contribution is 0.0106. The van der Waals surface area contributed by atoms with Crippen molar-refractivity contribution in [2.45, 2.75) is 69.5 Å². The number of piperazine rings is 1. The Morgan fingerprint density at radius 3 is 2.86 bits per heavy atom. The van der Waals surface area contributed by atoms with E-state index in [1.807, 2.05) is 0 Å². The Morgan fingerprint density at radius 1 is 1.19 bits per heavy atom. The smallest absolute Gasteiger partial charge is 0.0613 e. The zero-order valence-electron chi connectivity index (χ0n) is 13.6. The summed E-state index contributed by atoms with van der Waals surface area (Å²) in [4.78, 5) is 5.39. The molecule has 2 heterocycles. The molecule has 0 aromatic rings. The largest absolute Gasteiger partial charge is 0.394 e. The fourth-order valence-corrected chi connectivity index (χ4v) is 4.86. The molecule has 0 amide bonds. The van der Waals surface area contributed by atoms with Gasteiger partial charge in [-0.05, 0) is 58.0 Å². The SMILES string of the molecule is CC1CN2CCCCC2CN1CCC1CCCC1(N)CO. The van der Waals surface area contributed by atoms with Gasteiger partial charge in [-0.1, -0.05) is 12.8 Å². The molecule has 4 nitrogen and oxygen atoms in total. The number of hydrogen-bond donors (Lipinski definition) is 2. The first kappa shape index (κ1) is 15.7. The quantitative estimate of drug-likeness (QED) is 0.824. The van der Waals surface area contributed by atoms with Crippen LogP contribution in [0.5, 0.6) is 0 Å². The van der Waals surface area contributed by atoms with E-state index in [2.05, 4.69) is 16.7 Å². The molecule has 4 atom stereocenters. The highest BCUT2D eigenvalue weighted by Crippen LogP contribution is 2.36. The van der Waals surface area contributed by atoms with Crippen LogP contribution in [0.3, 0.4) is 0 Å². The predicted octanol–water partition coefficient (Wildman–Crippen LogP) is 1.43. The van der Waals surface area contributed by atoms with Crippen LogP contribution in [0.2, 0.25) is 0 Å². The van der Waals surface area contributed by atoms with Gasteiger partial charge in [0, 0.05) is 30.7 Å². The van der Waals surface area contributed by atoms with Gasteiger partial charge in [0.05, 0.1) is 6.61 Å². The predicted molar refractivity (Wildman–Crippen MR) is 86.2 cm³/mol. The molecule has 0 aromatic carbocycles. The van der Waals surface area contributed by atoms with Gasteiger partial charge in [-0.3, -0.25) is 9.80 Å². The second-order valence-corrected chi connectivity index (χ2v) is 7.76. The van der Waals surface area contributed by atoms with Crippen molar-refractivity contribution in [1.29, 1.82) is 0 Å². The maximum absolute atomic E-state index is 9.59. The van der Waals surface area contributed by atoms with Crippen molar-refractivity contribution in [1.82, 2.24) is 9.80 Å². The lowest BCUT2D eigenvalue weighted by Crippen LogP contribution is -2.59. The third-order valence-electron chi connectivity index (χ3n) is 6.38. The average molecular weight is 295 g/mol. The van der Waals surface area contributed by atoms with Gasteiger partial charge in [-0.2, -0.15) is 0 Å². The molecular weight excluding hydrogens is 262 g/mol. The topological polar surface area (TPSA) is 52.7 Å². The van der Waals surface area contributed by atoms with Gasteiger partial charge in [-0.15, -0.1) is 0 Å². The van der Waals surface area contributed by atoms with Crippen molar-refractivity contribution >= 4 is 0 Å². The zero-order chi connectivity index (χ0) is 14.9. The Kier molecular flexibility index (Phi) is 4.89. The van der Waals surface area contributed by atoms with E-state index in [9.17, 15) is 5.11 Å². The maximum atomic E-state index is 9.59. The van der Waals surface area contributed by atoms with Crippen molar-refractivity contribution in [3.05, 3.63) is 0 Å². The van der Waals surface area contributed by atoms with Gasteiger partial charge in [0.15, 0.2) is 0 Å². The summed E-state index contributed by atoms with van der Waals surface area (Å²) in [5.41, 5.74) is 6.09. The molecular formula is C17H33N3O. The summed E-state index contributed by atoms with van der Waals surface area (Å²) < 4.78 is 0. The van der Waals surface area contributed by atoms with Crippen LogP contribution < -0.4 is 5.73 Å². The van der Waals surface area contributed by atoms with Crippen LogP contribution in [0.1, 0.15) is 51.9 Å². The summed E-state index contributed by atoms with van der Waals surface area (Å²) >= 11 is 0. The molecule has 0 bridgehead atoms. The summed E-state index contributed by atoms with van der Waals surface area (Å²) in [6.07, 6.45) is 8.72. The van der Waals surface area contributed by atoms with Crippen LogP contribution >= 0.6 is 0 Å². The number of nitrogens with two attached hydrogens (primary N) is 1. The number of fused-ring (bicyclic) bond motifs is 1. The Hall–Kier alpha value is -0.160. The number of nitrogens with zero attached hydrogens (tertiary/aromatic N) is 2. The molecule has 0 radical (unpaired) electrons. The molecule has 4 heteroatoms. The zero-order valence-corrected chi connectivity index (χ0v) is 13.6. The minimum atomic E-state index is -0.296. The molecule has 0 spiro atoms. The fraction of sp³-hybridized carbons (Fsp3) is 1.00.